The van der Waals surface area contributed by atoms with E-state index in [1.807, 2.05) is 32.2 Å². The van der Waals surface area contributed by atoms with Crippen molar-refractivity contribution in [1.29, 1.82) is 0 Å². The molecule has 0 spiro atoms. The minimum absolute atomic E-state index is 1.05. The Labute approximate surface area is 104 Å². The summed E-state index contributed by atoms with van der Waals surface area (Å²) < 4.78 is 0. The summed E-state index contributed by atoms with van der Waals surface area (Å²) in [6, 6.07) is 10.2. The molecular formula is C10H13I2N. The van der Waals surface area contributed by atoms with Crippen LogP contribution in [0.5, 0.6) is 0 Å². The van der Waals surface area contributed by atoms with Crippen LogP contribution in [-0.4, -0.2) is 7.05 Å². The number of benzene rings is 1. The predicted octanol–water partition coefficient (Wildman–Crippen LogP) is 4.43. The van der Waals surface area contributed by atoms with Crippen molar-refractivity contribution >= 4 is 42.9 Å². The van der Waals surface area contributed by atoms with E-state index in [4.69, 9.17) is 0 Å². The summed E-state index contributed by atoms with van der Waals surface area (Å²) in [6.07, 6.45) is 0. The zero-order chi connectivity index (χ0) is 10.3. The molecule has 1 nitrogen and oxygen atoms in total. The molecule has 0 saturated heterocycles. The summed E-state index contributed by atoms with van der Waals surface area (Å²) in [5, 5.41) is 0. The first-order valence-electron chi connectivity index (χ1n) is 3.80. The molecule has 0 aromatic heterocycles. The fourth-order valence-electron chi connectivity index (χ4n) is 0.872. The topological polar surface area (TPSA) is 3.24 Å². The van der Waals surface area contributed by atoms with Crippen LogP contribution in [-0.2, 0) is 0 Å². The lowest BCUT2D eigenvalue weighted by Crippen LogP contribution is -2.12. The van der Waals surface area contributed by atoms with Crippen LogP contribution in [0.15, 0.2) is 42.6 Å². The highest BCUT2D eigenvalue weighted by Gasteiger charge is 1.97. The third-order valence-electron chi connectivity index (χ3n) is 1.72. The standard InChI is InChI=1S/C10H13N.I2/c1-9(2)11(3)10-7-5-4-6-8-10;1-2/h4-8H,1H2,2-3H3;. The number of para-hydroxylation sites is 1. The van der Waals surface area contributed by atoms with E-state index in [0.717, 1.165) is 5.70 Å². The predicted molar refractivity (Wildman–Crippen MR) is 77.7 cm³/mol. The second-order valence-electron chi connectivity index (χ2n) is 2.63. The van der Waals surface area contributed by atoms with Gasteiger partial charge in [0.2, 0.25) is 0 Å². The molecule has 72 valence electrons. The van der Waals surface area contributed by atoms with Gasteiger partial charge < -0.3 is 4.90 Å². The Kier molecular flexibility index (Phi) is 7.74. The van der Waals surface area contributed by atoms with Crippen LogP contribution >= 0.6 is 37.2 Å². The van der Waals surface area contributed by atoms with Crippen LogP contribution in [0.1, 0.15) is 6.92 Å². The van der Waals surface area contributed by atoms with Gasteiger partial charge in [-0.3, -0.25) is 0 Å². The summed E-state index contributed by atoms with van der Waals surface area (Å²) >= 11 is 4.24. The Hall–Kier alpha value is 0.220. The van der Waals surface area contributed by atoms with Gasteiger partial charge >= 0.3 is 0 Å². The molecule has 3 heteroatoms. The quantitative estimate of drug-likeness (QED) is 0.664. The van der Waals surface area contributed by atoms with Gasteiger partial charge in [0.25, 0.3) is 0 Å². The number of halogens is 2. The van der Waals surface area contributed by atoms with Crippen molar-refractivity contribution in [2.24, 2.45) is 0 Å². The molecule has 0 aliphatic carbocycles. The van der Waals surface area contributed by atoms with Crippen molar-refractivity contribution in [3.8, 4) is 0 Å². The number of hydrogen-bond acceptors (Lipinski definition) is 1. The number of anilines is 1. The van der Waals surface area contributed by atoms with Gasteiger partial charge in [-0.25, -0.2) is 0 Å². The highest BCUT2D eigenvalue weighted by atomic mass is 128. The largest absolute Gasteiger partial charge is 0.349 e. The van der Waals surface area contributed by atoms with Crippen molar-refractivity contribution in [3.63, 3.8) is 0 Å². The van der Waals surface area contributed by atoms with Gasteiger partial charge in [0.15, 0.2) is 0 Å². The van der Waals surface area contributed by atoms with Crippen LogP contribution in [0.2, 0.25) is 0 Å². The monoisotopic (exact) mass is 401 g/mol. The number of rotatable bonds is 2. The molecule has 0 aliphatic rings. The highest BCUT2D eigenvalue weighted by Crippen LogP contribution is 2.14. The van der Waals surface area contributed by atoms with Crippen molar-refractivity contribution in [2.75, 3.05) is 11.9 Å². The normalized spacial score (nSPS) is 8.31. The van der Waals surface area contributed by atoms with E-state index in [2.05, 4.69) is 60.8 Å². The minimum atomic E-state index is 1.05. The van der Waals surface area contributed by atoms with Crippen LogP contribution in [0, 0.1) is 0 Å². The molecule has 13 heavy (non-hydrogen) atoms. The maximum absolute atomic E-state index is 3.86. The molecule has 0 fully saturated rings. The third-order valence-corrected chi connectivity index (χ3v) is 1.72. The SMILES string of the molecule is C=C(C)N(C)c1ccccc1.II. The smallest absolute Gasteiger partial charge is 0.0405 e. The summed E-state index contributed by atoms with van der Waals surface area (Å²) in [6.45, 7) is 5.85. The number of nitrogens with zero attached hydrogens (tertiary/aromatic N) is 1. The third kappa shape index (κ3) is 4.85. The van der Waals surface area contributed by atoms with Crippen molar-refractivity contribution in [1.82, 2.24) is 0 Å². The maximum Gasteiger partial charge on any atom is 0.0405 e. The van der Waals surface area contributed by atoms with Crippen molar-refractivity contribution in [2.45, 2.75) is 6.92 Å². The average molecular weight is 401 g/mol. The van der Waals surface area contributed by atoms with Gasteiger partial charge in [-0.1, -0.05) is 24.8 Å². The van der Waals surface area contributed by atoms with Crippen LogP contribution < -0.4 is 4.90 Å². The van der Waals surface area contributed by atoms with Gasteiger partial charge in [0.05, 0.1) is 0 Å². The van der Waals surface area contributed by atoms with E-state index < -0.39 is 0 Å². The Morgan fingerprint density at radius 2 is 1.69 bits per heavy atom. The summed E-state index contributed by atoms with van der Waals surface area (Å²) in [5.41, 5.74) is 2.23. The van der Waals surface area contributed by atoms with Gasteiger partial charge in [0, 0.05) is 55.7 Å². The first kappa shape index (κ1) is 13.2. The Bertz CT molecular complexity index is 246. The molecule has 0 bridgehead atoms. The molecule has 0 aliphatic heterocycles. The van der Waals surface area contributed by atoms with E-state index in [0.29, 0.717) is 0 Å². The molecule has 0 unspecified atom stereocenters. The second kappa shape index (κ2) is 7.61. The van der Waals surface area contributed by atoms with Crippen LogP contribution in [0.25, 0.3) is 0 Å². The summed E-state index contributed by atoms with van der Waals surface area (Å²) in [7, 11) is 2.01. The van der Waals surface area contributed by atoms with E-state index in [1.165, 1.54) is 5.69 Å². The maximum atomic E-state index is 3.86. The molecule has 1 aromatic rings. The molecule has 0 N–H and O–H groups in total. The first-order chi connectivity index (χ1) is 6.22. The number of allylic oxidation sites excluding steroid dienone is 1. The Balaban J connectivity index is 0.000000671. The second-order valence-corrected chi connectivity index (χ2v) is 2.63. The van der Waals surface area contributed by atoms with E-state index >= 15 is 0 Å². The lowest BCUT2D eigenvalue weighted by Gasteiger charge is -2.18. The fraction of sp³-hybridized carbons (Fsp3) is 0.200. The van der Waals surface area contributed by atoms with Gasteiger partial charge in [-0.2, -0.15) is 0 Å². The fourth-order valence-corrected chi connectivity index (χ4v) is 0.872. The first-order valence-corrected chi connectivity index (χ1v) is 10.1. The van der Waals surface area contributed by atoms with E-state index in [-0.39, 0.29) is 0 Å². The van der Waals surface area contributed by atoms with E-state index in [1.54, 1.807) is 0 Å². The lowest BCUT2D eigenvalue weighted by atomic mass is 10.3. The van der Waals surface area contributed by atoms with Gasteiger partial charge in [0.1, 0.15) is 0 Å². The molecule has 1 aromatic carbocycles. The van der Waals surface area contributed by atoms with Crippen molar-refractivity contribution < 1.29 is 0 Å². The van der Waals surface area contributed by atoms with Gasteiger partial charge in [-0.15, -0.1) is 0 Å². The minimum Gasteiger partial charge on any atom is -0.349 e. The zero-order valence-electron chi connectivity index (χ0n) is 7.80. The average Bonchev–Trinajstić information content (AvgIpc) is 2.21. The summed E-state index contributed by atoms with van der Waals surface area (Å²) in [4.78, 5) is 2.06. The Morgan fingerprint density at radius 1 is 1.23 bits per heavy atom. The van der Waals surface area contributed by atoms with E-state index in [9.17, 15) is 0 Å². The van der Waals surface area contributed by atoms with Crippen LogP contribution in [0.4, 0.5) is 5.69 Å². The van der Waals surface area contributed by atoms with Crippen LogP contribution in [0.3, 0.4) is 0 Å². The molecule has 0 heterocycles. The molecule has 1 rings (SSSR count). The lowest BCUT2D eigenvalue weighted by molar-refractivity contribution is 1.10. The highest BCUT2D eigenvalue weighted by molar-refractivity contribution is 15.0. The van der Waals surface area contributed by atoms with Crippen molar-refractivity contribution in [3.05, 3.63) is 42.6 Å². The summed E-state index contributed by atoms with van der Waals surface area (Å²) in [5.74, 6) is 0. The molecular weight excluding hydrogens is 388 g/mol. The Morgan fingerprint density at radius 3 is 2.08 bits per heavy atom. The molecule has 0 amide bonds. The molecule has 0 atom stereocenters. The molecule has 0 radical (unpaired) electrons. The van der Waals surface area contributed by atoms with Gasteiger partial charge in [-0.05, 0) is 19.1 Å². The molecule has 0 saturated carbocycles. The number of hydrogen-bond donors (Lipinski definition) is 0. The zero-order valence-corrected chi connectivity index (χ0v) is 12.1.